The zero-order valence-electron chi connectivity index (χ0n) is 5.52. The zero-order chi connectivity index (χ0) is 6.74. The van der Waals surface area contributed by atoms with E-state index >= 15 is 0 Å². The number of hydrogen-bond acceptors (Lipinski definition) is 2. The van der Waals surface area contributed by atoms with Crippen LogP contribution in [0.4, 0.5) is 0 Å². The molecular formula is C5H12NOSiTi. The molecule has 0 aliphatic carbocycles. The molecule has 0 aromatic carbocycles. The van der Waals surface area contributed by atoms with Crippen molar-refractivity contribution in [1.82, 2.24) is 0 Å². The van der Waals surface area contributed by atoms with Crippen molar-refractivity contribution >= 4 is 9.68 Å². The van der Waals surface area contributed by atoms with Gasteiger partial charge in [-0.05, 0) is 0 Å². The van der Waals surface area contributed by atoms with Crippen LogP contribution in [0.3, 0.4) is 0 Å². The Labute approximate surface area is 69.8 Å². The molecule has 0 aromatic rings. The molecule has 0 aromatic heterocycles. The van der Waals surface area contributed by atoms with Crippen LogP contribution in [0, 0.1) is 0 Å². The van der Waals surface area contributed by atoms with E-state index in [2.05, 4.69) is 20.4 Å². The van der Waals surface area contributed by atoms with Gasteiger partial charge in [0.15, 0.2) is 0 Å². The first-order valence-electron chi connectivity index (χ1n) is 3.36. The minimum absolute atomic E-state index is 0.137. The summed E-state index contributed by atoms with van der Waals surface area (Å²) in [6, 6.07) is 0. The van der Waals surface area contributed by atoms with Crippen LogP contribution in [0.5, 0.6) is 0 Å². The van der Waals surface area contributed by atoms with Crippen LogP contribution in [0.1, 0.15) is 19.3 Å². The van der Waals surface area contributed by atoms with Crippen LogP contribution >= 0.6 is 0 Å². The van der Waals surface area contributed by atoms with Gasteiger partial charge in [-0.25, -0.2) is 0 Å². The Morgan fingerprint density at radius 2 is 2.33 bits per heavy atom. The molecule has 51 valence electrons. The maximum absolute atomic E-state index is 5.65. The summed E-state index contributed by atoms with van der Waals surface area (Å²) >= 11 is 2.15. The fourth-order valence-electron chi connectivity index (χ4n) is 1.01. The van der Waals surface area contributed by atoms with Gasteiger partial charge in [-0.2, -0.15) is 0 Å². The second-order valence-corrected chi connectivity index (χ2v) is 6.58. The number of hydrogen-bond donors (Lipinski definition) is 1. The second-order valence-electron chi connectivity index (χ2n) is 2.50. The molecule has 0 radical (unpaired) electrons. The first kappa shape index (κ1) is 7.95. The zero-order valence-corrected chi connectivity index (χ0v) is 8.50. The molecule has 1 rings (SSSR count). The van der Waals surface area contributed by atoms with Crippen LogP contribution in [0.25, 0.3) is 0 Å². The summed E-state index contributed by atoms with van der Waals surface area (Å²) in [6.45, 7) is 0.931. The molecular weight excluding hydrogens is 166 g/mol. The van der Waals surface area contributed by atoms with Gasteiger partial charge in [-0.3, -0.25) is 0 Å². The average molecular weight is 178 g/mol. The van der Waals surface area contributed by atoms with E-state index in [1.165, 1.54) is 19.3 Å². The van der Waals surface area contributed by atoms with Gasteiger partial charge in [0.05, 0.1) is 0 Å². The fraction of sp³-hybridized carbons (Fsp3) is 1.00. The van der Waals surface area contributed by atoms with E-state index in [1.54, 1.807) is 0 Å². The fourth-order valence-corrected chi connectivity index (χ4v) is 2.17. The Kier molecular flexibility index (Phi) is 2.92. The number of ether oxygens (including phenoxy) is 1. The normalized spacial score (nSPS) is 37.8. The molecule has 1 unspecified atom stereocenters. The van der Waals surface area contributed by atoms with E-state index in [0.717, 1.165) is 6.61 Å². The third-order valence-corrected chi connectivity index (χ3v) is 4.47. The summed E-state index contributed by atoms with van der Waals surface area (Å²) in [4.78, 5) is 0. The van der Waals surface area contributed by atoms with E-state index in [-0.39, 0.29) is 3.53 Å². The molecule has 1 atom stereocenters. The Morgan fingerprint density at radius 1 is 1.56 bits per heavy atom. The summed E-state index contributed by atoms with van der Waals surface area (Å²) in [6.07, 6.45) is 3.72. The Balaban J connectivity index is 2.37. The number of nitrogens with two attached hydrogens (primary N) is 1. The first-order valence-corrected chi connectivity index (χ1v) is 5.66. The third-order valence-electron chi connectivity index (χ3n) is 1.68. The van der Waals surface area contributed by atoms with E-state index in [0.29, 0.717) is 0 Å². The van der Waals surface area contributed by atoms with Gasteiger partial charge in [0.1, 0.15) is 0 Å². The van der Waals surface area contributed by atoms with Crippen molar-refractivity contribution in [3.8, 4) is 0 Å². The molecule has 1 saturated heterocycles. The molecule has 1 aliphatic rings. The van der Waals surface area contributed by atoms with E-state index in [1.807, 2.05) is 0 Å². The van der Waals surface area contributed by atoms with E-state index in [4.69, 9.17) is 10.1 Å². The van der Waals surface area contributed by atoms with Crippen molar-refractivity contribution in [3.63, 3.8) is 0 Å². The van der Waals surface area contributed by atoms with Crippen molar-refractivity contribution in [3.05, 3.63) is 0 Å². The van der Waals surface area contributed by atoms with Gasteiger partial charge < -0.3 is 0 Å². The minimum atomic E-state index is -0.450. The quantitative estimate of drug-likeness (QED) is 0.546. The predicted octanol–water partition coefficient (Wildman–Crippen LogP) is -0.570. The molecule has 0 spiro atoms. The Bertz CT molecular complexity index is 95.0. The topological polar surface area (TPSA) is 35.2 Å². The SMILES string of the molecule is N[SiH2][C]1([Ti])CCCCO1. The molecule has 0 bridgehead atoms. The van der Waals surface area contributed by atoms with Crippen molar-refractivity contribution in [2.75, 3.05) is 6.61 Å². The molecule has 0 amide bonds. The summed E-state index contributed by atoms with van der Waals surface area (Å²) < 4.78 is 5.69. The molecule has 1 aliphatic heterocycles. The van der Waals surface area contributed by atoms with Gasteiger partial charge >= 0.3 is 69.7 Å². The van der Waals surface area contributed by atoms with Gasteiger partial charge in [-0.15, -0.1) is 0 Å². The standard InChI is InChI=1S/C5H12NOSi.Ti/c6-8-5-3-1-2-4-7-5;/h1-4,6,8H2;. The van der Waals surface area contributed by atoms with Crippen LogP contribution in [-0.2, 0) is 25.2 Å². The van der Waals surface area contributed by atoms with Crippen molar-refractivity contribution < 1.29 is 25.2 Å². The van der Waals surface area contributed by atoms with Gasteiger partial charge in [-0.1, -0.05) is 0 Å². The average Bonchev–Trinajstić information content (AvgIpc) is 1.90. The summed E-state index contributed by atoms with van der Waals surface area (Å²) in [5, 5.41) is 5.65. The maximum atomic E-state index is 5.65. The molecule has 1 heterocycles. The van der Waals surface area contributed by atoms with Crippen LogP contribution < -0.4 is 5.40 Å². The van der Waals surface area contributed by atoms with E-state index in [9.17, 15) is 0 Å². The van der Waals surface area contributed by atoms with Crippen LogP contribution in [-0.4, -0.2) is 19.8 Å². The molecule has 2 N–H and O–H groups in total. The van der Waals surface area contributed by atoms with Crippen molar-refractivity contribution in [2.45, 2.75) is 22.8 Å². The van der Waals surface area contributed by atoms with Gasteiger partial charge in [0, 0.05) is 0 Å². The Morgan fingerprint density at radius 3 is 2.67 bits per heavy atom. The second kappa shape index (κ2) is 3.30. The molecule has 9 heavy (non-hydrogen) atoms. The van der Waals surface area contributed by atoms with Gasteiger partial charge in [0.2, 0.25) is 0 Å². The molecule has 0 saturated carbocycles. The van der Waals surface area contributed by atoms with Crippen molar-refractivity contribution in [1.29, 1.82) is 0 Å². The van der Waals surface area contributed by atoms with Gasteiger partial charge in [0.25, 0.3) is 0 Å². The molecule has 4 heteroatoms. The predicted molar refractivity (Wildman–Crippen MR) is 35.3 cm³/mol. The monoisotopic (exact) mass is 178 g/mol. The number of rotatable bonds is 1. The molecule has 2 nitrogen and oxygen atoms in total. The molecule has 1 fully saturated rings. The summed E-state index contributed by atoms with van der Waals surface area (Å²) in [5.41, 5.74) is 0. The van der Waals surface area contributed by atoms with Crippen LogP contribution in [0.15, 0.2) is 0 Å². The summed E-state index contributed by atoms with van der Waals surface area (Å²) in [5.74, 6) is 0. The van der Waals surface area contributed by atoms with Crippen molar-refractivity contribution in [2.24, 2.45) is 5.40 Å². The Hall–Kier alpha value is 0.851. The van der Waals surface area contributed by atoms with E-state index < -0.39 is 9.68 Å². The third kappa shape index (κ3) is 2.17. The van der Waals surface area contributed by atoms with Crippen LogP contribution in [0.2, 0.25) is 0 Å². The summed E-state index contributed by atoms with van der Waals surface area (Å²) in [7, 11) is -0.450. The first-order chi connectivity index (χ1) is 4.27.